The number of anilines is 1. The first kappa shape index (κ1) is 20.1. The largest absolute Gasteiger partial charge is 0.473 e. The van der Waals surface area contributed by atoms with Crippen molar-refractivity contribution in [3.05, 3.63) is 59.2 Å². The maximum atomic E-state index is 12.4. The molecule has 0 radical (unpaired) electrons. The second-order valence-corrected chi connectivity index (χ2v) is 7.36. The minimum atomic E-state index is -0.0665. The fourth-order valence-corrected chi connectivity index (χ4v) is 3.56. The molecule has 0 spiro atoms. The second kappa shape index (κ2) is 9.49. The van der Waals surface area contributed by atoms with E-state index in [4.69, 9.17) is 4.74 Å². The smallest absolute Gasteiger partial charge is 0.320 e. The SMILES string of the molecule is CCCc1ccc(OCNC(=O)N2CCN(c3cccc(C)c3C)CC2)cc1. The number of nitrogens with zero attached hydrogens (tertiary/aromatic N) is 2. The van der Waals surface area contributed by atoms with Crippen molar-refractivity contribution in [3.8, 4) is 5.75 Å². The van der Waals surface area contributed by atoms with Crippen LogP contribution >= 0.6 is 0 Å². The van der Waals surface area contributed by atoms with Crippen LogP contribution in [0.2, 0.25) is 0 Å². The van der Waals surface area contributed by atoms with Crippen molar-refractivity contribution in [2.45, 2.75) is 33.6 Å². The monoisotopic (exact) mass is 381 g/mol. The van der Waals surface area contributed by atoms with E-state index in [1.165, 1.54) is 22.4 Å². The van der Waals surface area contributed by atoms with Crippen molar-refractivity contribution in [2.24, 2.45) is 0 Å². The number of benzene rings is 2. The number of carbonyl (C=O) groups excluding carboxylic acids is 1. The Balaban J connectivity index is 1.43. The van der Waals surface area contributed by atoms with Crippen LogP contribution in [0.5, 0.6) is 5.75 Å². The Bertz CT molecular complexity index is 781. The number of amides is 2. The Morgan fingerprint density at radius 2 is 1.75 bits per heavy atom. The molecule has 150 valence electrons. The third-order valence-electron chi connectivity index (χ3n) is 5.41. The third-order valence-corrected chi connectivity index (χ3v) is 5.41. The molecule has 1 N–H and O–H groups in total. The molecule has 5 heteroatoms. The van der Waals surface area contributed by atoms with Gasteiger partial charge in [-0.05, 0) is 55.2 Å². The molecule has 0 aliphatic carbocycles. The van der Waals surface area contributed by atoms with E-state index >= 15 is 0 Å². The highest BCUT2D eigenvalue weighted by molar-refractivity contribution is 5.74. The summed E-state index contributed by atoms with van der Waals surface area (Å²) in [7, 11) is 0. The first-order chi connectivity index (χ1) is 13.6. The molecule has 0 aromatic heterocycles. The molecule has 2 aromatic rings. The van der Waals surface area contributed by atoms with Crippen molar-refractivity contribution >= 4 is 11.7 Å². The Morgan fingerprint density at radius 1 is 1.04 bits per heavy atom. The molecule has 0 atom stereocenters. The van der Waals surface area contributed by atoms with Gasteiger partial charge in [-0.15, -0.1) is 0 Å². The quantitative estimate of drug-likeness (QED) is 0.766. The molecule has 0 unspecified atom stereocenters. The van der Waals surface area contributed by atoms with Crippen LogP contribution in [0.25, 0.3) is 0 Å². The number of urea groups is 1. The molecule has 2 aromatic carbocycles. The number of carbonyl (C=O) groups is 1. The lowest BCUT2D eigenvalue weighted by Gasteiger charge is -2.37. The zero-order valence-corrected chi connectivity index (χ0v) is 17.2. The zero-order chi connectivity index (χ0) is 19.9. The van der Waals surface area contributed by atoms with E-state index in [0.29, 0.717) is 13.1 Å². The third kappa shape index (κ3) is 4.97. The first-order valence-corrected chi connectivity index (χ1v) is 10.1. The van der Waals surface area contributed by atoms with Gasteiger partial charge in [0.05, 0.1) is 0 Å². The van der Waals surface area contributed by atoms with Gasteiger partial charge in [-0.3, -0.25) is 0 Å². The average molecular weight is 382 g/mol. The molecule has 28 heavy (non-hydrogen) atoms. The molecule has 1 aliphatic rings. The number of aryl methyl sites for hydroxylation is 2. The van der Waals surface area contributed by atoms with E-state index in [0.717, 1.165) is 31.7 Å². The molecule has 5 nitrogen and oxygen atoms in total. The Labute approximate surface area is 168 Å². The molecular formula is C23H31N3O2. The molecule has 3 rings (SSSR count). The molecule has 1 fully saturated rings. The van der Waals surface area contributed by atoms with Crippen LogP contribution in [0.1, 0.15) is 30.0 Å². The molecule has 1 aliphatic heterocycles. The molecule has 1 heterocycles. The summed E-state index contributed by atoms with van der Waals surface area (Å²) in [5, 5.41) is 2.86. The highest BCUT2D eigenvalue weighted by Gasteiger charge is 2.22. The fourth-order valence-electron chi connectivity index (χ4n) is 3.56. The minimum Gasteiger partial charge on any atom is -0.473 e. The molecular weight excluding hydrogens is 350 g/mol. The van der Waals surface area contributed by atoms with Crippen LogP contribution in [0.4, 0.5) is 10.5 Å². The fraction of sp³-hybridized carbons (Fsp3) is 0.435. The van der Waals surface area contributed by atoms with Crippen molar-refractivity contribution in [3.63, 3.8) is 0 Å². The van der Waals surface area contributed by atoms with Gasteiger partial charge >= 0.3 is 6.03 Å². The van der Waals surface area contributed by atoms with Crippen molar-refractivity contribution in [1.29, 1.82) is 0 Å². The Hall–Kier alpha value is -2.69. The molecule has 0 bridgehead atoms. The lowest BCUT2D eigenvalue weighted by Crippen LogP contribution is -2.52. The van der Waals surface area contributed by atoms with E-state index in [1.807, 2.05) is 17.0 Å². The van der Waals surface area contributed by atoms with Gasteiger partial charge in [0.2, 0.25) is 0 Å². The van der Waals surface area contributed by atoms with Crippen molar-refractivity contribution < 1.29 is 9.53 Å². The number of piperazine rings is 1. The van der Waals surface area contributed by atoms with Gasteiger partial charge in [-0.25, -0.2) is 4.79 Å². The summed E-state index contributed by atoms with van der Waals surface area (Å²) in [6, 6.07) is 14.4. The van der Waals surface area contributed by atoms with E-state index in [-0.39, 0.29) is 12.8 Å². The summed E-state index contributed by atoms with van der Waals surface area (Å²) in [4.78, 5) is 16.6. The van der Waals surface area contributed by atoms with Crippen LogP contribution in [0.15, 0.2) is 42.5 Å². The summed E-state index contributed by atoms with van der Waals surface area (Å²) < 4.78 is 5.65. The predicted molar refractivity (Wildman–Crippen MR) is 114 cm³/mol. The number of nitrogens with one attached hydrogen (secondary N) is 1. The van der Waals surface area contributed by atoms with Gasteiger partial charge in [-0.2, -0.15) is 0 Å². The maximum absolute atomic E-state index is 12.4. The molecule has 2 amide bonds. The number of hydrogen-bond acceptors (Lipinski definition) is 3. The number of hydrogen-bond donors (Lipinski definition) is 1. The highest BCUT2D eigenvalue weighted by atomic mass is 16.5. The lowest BCUT2D eigenvalue weighted by atomic mass is 10.1. The Morgan fingerprint density at radius 3 is 2.43 bits per heavy atom. The average Bonchev–Trinajstić information content (AvgIpc) is 2.72. The number of ether oxygens (including phenoxy) is 1. The predicted octanol–water partition coefficient (Wildman–Crippen LogP) is 4.12. The molecule has 1 saturated heterocycles. The van der Waals surface area contributed by atoms with Crippen molar-refractivity contribution in [2.75, 3.05) is 37.8 Å². The van der Waals surface area contributed by atoms with E-state index in [1.54, 1.807) is 0 Å². The van der Waals surface area contributed by atoms with Crippen LogP contribution in [-0.4, -0.2) is 43.8 Å². The summed E-state index contributed by atoms with van der Waals surface area (Å²) in [6.45, 7) is 9.77. The van der Waals surface area contributed by atoms with Gasteiger partial charge in [0, 0.05) is 31.9 Å². The van der Waals surface area contributed by atoms with Gasteiger partial charge < -0.3 is 19.9 Å². The van der Waals surface area contributed by atoms with Crippen molar-refractivity contribution in [1.82, 2.24) is 10.2 Å². The topological polar surface area (TPSA) is 44.8 Å². The van der Waals surface area contributed by atoms with Crippen LogP contribution in [0, 0.1) is 13.8 Å². The first-order valence-electron chi connectivity index (χ1n) is 10.1. The van der Waals surface area contributed by atoms with Crippen LogP contribution in [-0.2, 0) is 6.42 Å². The molecule has 0 saturated carbocycles. The summed E-state index contributed by atoms with van der Waals surface area (Å²) in [6.07, 6.45) is 2.21. The highest BCUT2D eigenvalue weighted by Crippen LogP contribution is 2.23. The lowest BCUT2D eigenvalue weighted by molar-refractivity contribution is 0.181. The zero-order valence-electron chi connectivity index (χ0n) is 17.2. The van der Waals surface area contributed by atoms with Gasteiger partial charge in [0.1, 0.15) is 5.75 Å². The standard InChI is InChI=1S/C23H31N3O2/c1-4-6-20-9-11-21(12-10-20)28-17-24-23(27)26-15-13-25(14-16-26)22-8-5-7-18(2)19(22)3/h5,7-12H,4,6,13-17H2,1-3H3,(H,24,27). The van der Waals surface area contributed by atoms with Crippen LogP contribution in [0.3, 0.4) is 0 Å². The summed E-state index contributed by atoms with van der Waals surface area (Å²) in [5.41, 5.74) is 5.20. The summed E-state index contributed by atoms with van der Waals surface area (Å²) in [5.74, 6) is 0.778. The second-order valence-electron chi connectivity index (χ2n) is 7.36. The van der Waals surface area contributed by atoms with E-state index < -0.39 is 0 Å². The van der Waals surface area contributed by atoms with Gasteiger partial charge in [0.25, 0.3) is 0 Å². The Kier molecular flexibility index (Phi) is 6.80. The van der Waals surface area contributed by atoms with Gasteiger partial charge in [0.15, 0.2) is 6.73 Å². The normalized spacial score (nSPS) is 14.1. The van der Waals surface area contributed by atoms with Gasteiger partial charge in [-0.1, -0.05) is 37.6 Å². The van der Waals surface area contributed by atoms with Crippen LogP contribution < -0.4 is 15.0 Å². The number of rotatable bonds is 6. The van der Waals surface area contributed by atoms with E-state index in [2.05, 4.69) is 61.3 Å². The minimum absolute atomic E-state index is 0.0665. The maximum Gasteiger partial charge on any atom is 0.320 e. The van der Waals surface area contributed by atoms with E-state index in [9.17, 15) is 4.79 Å². The summed E-state index contributed by atoms with van der Waals surface area (Å²) >= 11 is 0.